The van der Waals surface area contributed by atoms with Crippen LogP contribution in [0.15, 0.2) is 54.9 Å². The number of nitrogens with zero attached hydrogens (tertiary/aromatic N) is 1. The van der Waals surface area contributed by atoms with Crippen LogP contribution in [0.5, 0.6) is 0 Å². The lowest BCUT2D eigenvalue weighted by Gasteiger charge is -2.12. The summed E-state index contributed by atoms with van der Waals surface area (Å²) in [6.07, 6.45) is 3.05. The van der Waals surface area contributed by atoms with E-state index in [1.165, 1.54) is 0 Å². The summed E-state index contributed by atoms with van der Waals surface area (Å²) in [7, 11) is 0. The molecule has 1 aromatic heterocycles. The minimum absolute atomic E-state index is 0.328. The topological polar surface area (TPSA) is 54.4 Å². The van der Waals surface area contributed by atoms with Crippen molar-refractivity contribution >= 4 is 0 Å². The second-order valence-electron chi connectivity index (χ2n) is 4.65. The predicted octanol–water partition coefficient (Wildman–Crippen LogP) is 1.75. The van der Waals surface area contributed by atoms with Gasteiger partial charge in [-0.1, -0.05) is 36.4 Å². The first-order valence-electron chi connectivity index (χ1n) is 6.74. The molecule has 2 rings (SSSR count). The average molecular weight is 272 g/mol. The summed E-state index contributed by atoms with van der Waals surface area (Å²) in [6, 6.07) is 13.8. The standard InChI is InChI=1S/C16H20N2O2/c19-16(11-18-10-15-7-4-8-17-9-15)13-20-12-14-5-2-1-3-6-14/h1-9,16,18-19H,10-13H2. The van der Waals surface area contributed by atoms with Crippen LogP contribution in [0.3, 0.4) is 0 Å². The van der Waals surface area contributed by atoms with Crippen molar-refractivity contribution in [3.8, 4) is 0 Å². The van der Waals surface area contributed by atoms with Crippen molar-refractivity contribution in [3.05, 3.63) is 66.0 Å². The summed E-state index contributed by atoms with van der Waals surface area (Å²) in [6.45, 7) is 2.06. The minimum Gasteiger partial charge on any atom is -0.389 e. The molecule has 2 N–H and O–H groups in total. The summed E-state index contributed by atoms with van der Waals surface area (Å²) in [5.74, 6) is 0. The third-order valence-corrected chi connectivity index (χ3v) is 2.85. The number of hydrogen-bond donors (Lipinski definition) is 2. The number of benzene rings is 1. The number of ether oxygens (including phenoxy) is 1. The van der Waals surface area contributed by atoms with Gasteiger partial charge in [0.1, 0.15) is 0 Å². The summed E-state index contributed by atoms with van der Waals surface area (Å²) in [4.78, 5) is 4.04. The van der Waals surface area contributed by atoms with Gasteiger partial charge in [0.15, 0.2) is 0 Å². The van der Waals surface area contributed by atoms with Crippen molar-refractivity contribution in [3.63, 3.8) is 0 Å². The molecule has 4 heteroatoms. The third kappa shape index (κ3) is 5.48. The number of rotatable bonds is 8. The number of nitrogens with one attached hydrogen (secondary N) is 1. The fourth-order valence-electron chi connectivity index (χ4n) is 1.83. The van der Waals surface area contributed by atoms with Crippen LogP contribution in [0.1, 0.15) is 11.1 Å². The Bertz CT molecular complexity index is 431. The molecular weight excluding hydrogens is 252 g/mol. The zero-order valence-electron chi connectivity index (χ0n) is 11.4. The maximum Gasteiger partial charge on any atom is 0.0897 e. The van der Waals surface area contributed by atoms with Gasteiger partial charge in [-0.2, -0.15) is 0 Å². The van der Waals surface area contributed by atoms with Crippen LogP contribution in [0.25, 0.3) is 0 Å². The van der Waals surface area contributed by atoms with E-state index >= 15 is 0 Å². The van der Waals surface area contributed by atoms with E-state index in [0.29, 0.717) is 26.3 Å². The lowest BCUT2D eigenvalue weighted by Crippen LogP contribution is -2.30. The fourth-order valence-corrected chi connectivity index (χ4v) is 1.83. The van der Waals surface area contributed by atoms with Crippen LogP contribution >= 0.6 is 0 Å². The maximum atomic E-state index is 9.80. The quantitative estimate of drug-likeness (QED) is 0.768. The molecule has 0 fully saturated rings. The molecule has 0 spiro atoms. The van der Waals surface area contributed by atoms with Gasteiger partial charge in [0.2, 0.25) is 0 Å². The number of hydrogen-bond acceptors (Lipinski definition) is 4. The molecule has 0 amide bonds. The number of pyridine rings is 1. The molecule has 1 atom stereocenters. The smallest absolute Gasteiger partial charge is 0.0897 e. The van der Waals surface area contributed by atoms with Crippen LogP contribution < -0.4 is 5.32 Å². The summed E-state index contributed by atoms with van der Waals surface area (Å²) in [5.41, 5.74) is 2.22. The molecule has 0 bridgehead atoms. The lowest BCUT2D eigenvalue weighted by atomic mass is 10.2. The summed E-state index contributed by atoms with van der Waals surface area (Å²) in [5, 5.41) is 13.0. The largest absolute Gasteiger partial charge is 0.389 e. The maximum absolute atomic E-state index is 9.80. The molecule has 0 saturated heterocycles. The van der Waals surface area contributed by atoms with Gasteiger partial charge in [-0.15, -0.1) is 0 Å². The van der Waals surface area contributed by atoms with E-state index in [9.17, 15) is 5.11 Å². The monoisotopic (exact) mass is 272 g/mol. The lowest BCUT2D eigenvalue weighted by molar-refractivity contribution is 0.0287. The van der Waals surface area contributed by atoms with Crippen LogP contribution in [-0.4, -0.2) is 29.3 Å². The SMILES string of the molecule is OC(CNCc1cccnc1)COCc1ccccc1. The van der Waals surface area contributed by atoms with E-state index < -0.39 is 6.10 Å². The van der Waals surface area contributed by atoms with Gasteiger partial charge in [-0.3, -0.25) is 4.98 Å². The average Bonchev–Trinajstić information content (AvgIpc) is 2.49. The Morgan fingerprint density at radius 3 is 2.65 bits per heavy atom. The van der Waals surface area contributed by atoms with Gasteiger partial charge >= 0.3 is 0 Å². The van der Waals surface area contributed by atoms with Crippen LogP contribution in [0, 0.1) is 0 Å². The first kappa shape index (κ1) is 14.7. The minimum atomic E-state index is -0.504. The van der Waals surface area contributed by atoms with E-state index in [1.807, 2.05) is 48.7 Å². The van der Waals surface area contributed by atoms with Crippen LogP contribution in [-0.2, 0) is 17.9 Å². The zero-order chi connectivity index (χ0) is 14.0. The molecule has 0 radical (unpaired) electrons. The van der Waals surface area contributed by atoms with E-state index in [2.05, 4.69) is 10.3 Å². The Labute approximate surface area is 119 Å². The Morgan fingerprint density at radius 2 is 1.90 bits per heavy atom. The highest BCUT2D eigenvalue weighted by atomic mass is 16.5. The van der Waals surface area contributed by atoms with Crippen molar-refractivity contribution in [2.75, 3.05) is 13.2 Å². The van der Waals surface area contributed by atoms with Crippen LogP contribution in [0.4, 0.5) is 0 Å². The molecule has 106 valence electrons. The van der Waals surface area contributed by atoms with Crippen molar-refractivity contribution in [1.29, 1.82) is 0 Å². The first-order chi connectivity index (χ1) is 9.84. The predicted molar refractivity (Wildman–Crippen MR) is 78.0 cm³/mol. The van der Waals surface area contributed by atoms with Gasteiger partial charge in [0.05, 0.1) is 19.3 Å². The van der Waals surface area contributed by atoms with E-state index in [-0.39, 0.29) is 0 Å². The molecule has 1 aromatic carbocycles. The molecule has 4 nitrogen and oxygen atoms in total. The van der Waals surface area contributed by atoms with Crippen molar-refractivity contribution in [2.45, 2.75) is 19.3 Å². The van der Waals surface area contributed by atoms with Gasteiger partial charge in [-0.25, -0.2) is 0 Å². The van der Waals surface area contributed by atoms with Crippen molar-refractivity contribution in [2.24, 2.45) is 0 Å². The second-order valence-corrected chi connectivity index (χ2v) is 4.65. The Balaban J connectivity index is 1.58. The normalized spacial score (nSPS) is 12.2. The molecule has 1 heterocycles. The number of aliphatic hydroxyl groups is 1. The fraction of sp³-hybridized carbons (Fsp3) is 0.312. The molecule has 1 unspecified atom stereocenters. The van der Waals surface area contributed by atoms with Crippen molar-refractivity contribution in [1.82, 2.24) is 10.3 Å². The highest BCUT2D eigenvalue weighted by Crippen LogP contribution is 2.01. The highest BCUT2D eigenvalue weighted by molar-refractivity contribution is 5.13. The van der Waals surface area contributed by atoms with Gasteiger partial charge in [0.25, 0.3) is 0 Å². The van der Waals surface area contributed by atoms with Gasteiger partial charge in [0, 0.05) is 25.5 Å². The summed E-state index contributed by atoms with van der Waals surface area (Å²) >= 11 is 0. The number of aromatic nitrogens is 1. The van der Waals surface area contributed by atoms with Gasteiger partial charge in [-0.05, 0) is 17.2 Å². The van der Waals surface area contributed by atoms with E-state index in [0.717, 1.165) is 11.1 Å². The van der Waals surface area contributed by atoms with Crippen LogP contribution in [0.2, 0.25) is 0 Å². The molecule has 0 aliphatic rings. The Morgan fingerprint density at radius 1 is 1.10 bits per heavy atom. The highest BCUT2D eigenvalue weighted by Gasteiger charge is 2.04. The Kier molecular flexibility index (Phi) is 6.17. The molecule has 0 saturated carbocycles. The van der Waals surface area contributed by atoms with E-state index in [1.54, 1.807) is 6.20 Å². The molecule has 0 aliphatic carbocycles. The van der Waals surface area contributed by atoms with Gasteiger partial charge < -0.3 is 15.2 Å². The first-order valence-corrected chi connectivity index (χ1v) is 6.74. The number of aliphatic hydroxyl groups excluding tert-OH is 1. The third-order valence-electron chi connectivity index (χ3n) is 2.85. The summed E-state index contributed by atoms with van der Waals surface area (Å²) < 4.78 is 5.48. The van der Waals surface area contributed by atoms with Crippen molar-refractivity contribution < 1.29 is 9.84 Å². The molecular formula is C16H20N2O2. The zero-order valence-corrected chi connectivity index (χ0v) is 11.4. The van der Waals surface area contributed by atoms with E-state index in [4.69, 9.17) is 4.74 Å². The molecule has 20 heavy (non-hydrogen) atoms. The second kappa shape index (κ2) is 8.43. The Hall–Kier alpha value is -1.75. The molecule has 0 aliphatic heterocycles. The molecule has 2 aromatic rings.